The Kier molecular flexibility index (Phi) is 2.41. The molecule has 1 fully saturated rings. The summed E-state index contributed by atoms with van der Waals surface area (Å²) in [5.74, 6) is 1.18. The van der Waals surface area contributed by atoms with Crippen LogP contribution in [0.2, 0.25) is 0 Å². The van der Waals surface area contributed by atoms with Gasteiger partial charge in [0.05, 0.1) is 5.75 Å². The second kappa shape index (κ2) is 2.92. The summed E-state index contributed by atoms with van der Waals surface area (Å²) in [6, 6.07) is 0. The topological polar surface area (TPSA) is 34.1 Å². The van der Waals surface area contributed by atoms with Gasteiger partial charge in [0.15, 0.2) is 0 Å². The summed E-state index contributed by atoms with van der Waals surface area (Å²) in [6.45, 7) is 0. The van der Waals surface area contributed by atoms with Gasteiger partial charge in [0, 0.05) is 5.75 Å². The molecule has 0 atom stereocenters. The van der Waals surface area contributed by atoms with Crippen molar-refractivity contribution < 1.29 is 8.42 Å². The van der Waals surface area contributed by atoms with Gasteiger partial charge in [-0.3, -0.25) is 0 Å². The highest BCUT2D eigenvalue weighted by atomic mass is 33.1. The summed E-state index contributed by atoms with van der Waals surface area (Å²) >= 11 is 0. The van der Waals surface area contributed by atoms with Gasteiger partial charge in [-0.25, -0.2) is 8.42 Å². The minimum Gasteiger partial charge on any atom is -0.217 e. The van der Waals surface area contributed by atoms with E-state index in [4.69, 9.17) is 0 Å². The zero-order valence-corrected chi connectivity index (χ0v) is 6.80. The van der Waals surface area contributed by atoms with E-state index >= 15 is 0 Å². The van der Waals surface area contributed by atoms with Crippen molar-refractivity contribution in [1.29, 1.82) is 0 Å². The van der Waals surface area contributed by atoms with Crippen LogP contribution >= 0.6 is 10.8 Å². The molecule has 0 saturated carbocycles. The van der Waals surface area contributed by atoms with Crippen LogP contribution in [0.15, 0.2) is 0 Å². The minimum atomic E-state index is -2.70. The van der Waals surface area contributed by atoms with Crippen molar-refractivity contribution in [3.63, 3.8) is 0 Å². The van der Waals surface area contributed by atoms with Crippen LogP contribution in [-0.4, -0.2) is 19.9 Å². The van der Waals surface area contributed by atoms with E-state index < -0.39 is 8.87 Å². The lowest BCUT2D eigenvalue weighted by atomic mass is 10.3. The first-order chi connectivity index (χ1) is 4.21. The average molecular weight is 166 g/mol. The van der Waals surface area contributed by atoms with Gasteiger partial charge >= 0.3 is 0 Å². The van der Waals surface area contributed by atoms with Gasteiger partial charge in [-0.05, 0) is 23.6 Å². The van der Waals surface area contributed by atoms with E-state index in [0.717, 1.165) is 35.8 Å². The fraction of sp³-hybridized carbons (Fsp3) is 1.00. The molecule has 0 unspecified atom stereocenters. The summed E-state index contributed by atoms with van der Waals surface area (Å²) in [5.41, 5.74) is 0. The SMILES string of the molecule is O=S1(=O)CCCCCS1. The molecule has 0 bridgehead atoms. The van der Waals surface area contributed by atoms with Crippen molar-refractivity contribution in [1.82, 2.24) is 0 Å². The minimum absolute atomic E-state index is 0.387. The third kappa shape index (κ3) is 2.58. The maximum atomic E-state index is 10.8. The summed E-state index contributed by atoms with van der Waals surface area (Å²) in [5, 5.41) is 0. The third-order valence-corrected chi connectivity index (χ3v) is 4.98. The number of rotatable bonds is 0. The van der Waals surface area contributed by atoms with Gasteiger partial charge in [-0.15, -0.1) is 0 Å². The molecule has 1 rings (SSSR count). The van der Waals surface area contributed by atoms with Crippen LogP contribution in [0.4, 0.5) is 0 Å². The molecule has 2 nitrogen and oxygen atoms in total. The molecule has 4 heteroatoms. The van der Waals surface area contributed by atoms with E-state index in [0.29, 0.717) is 5.75 Å². The lowest BCUT2D eigenvalue weighted by Gasteiger charge is -1.92. The van der Waals surface area contributed by atoms with Crippen LogP contribution in [0, 0.1) is 0 Å². The Morgan fingerprint density at radius 2 is 1.89 bits per heavy atom. The number of hydrogen-bond donors (Lipinski definition) is 0. The first-order valence-electron chi connectivity index (χ1n) is 3.08. The van der Waals surface area contributed by atoms with Gasteiger partial charge in [-0.1, -0.05) is 6.42 Å². The van der Waals surface area contributed by atoms with Crippen molar-refractivity contribution in [2.24, 2.45) is 0 Å². The molecule has 0 aliphatic carbocycles. The molecule has 0 radical (unpaired) electrons. The van der Waals surface area contributed by atoms with Crippen LogP contribution in [0.25, 0.3) is 0 Å². The Balaban J connectivity index is 2.56. The number of hydrogen-bond acceptors (Lipinski definition) is 3. The van der Waals surface area contributed by atoms with Crippen molar-refractivity contribution in [3.05, 3.63) is 0 Å². The average Bonchev–Trinajstić information content (AvgIpc) is 1.92. The molecule has 0 aromatic heterocycles. The van der Waals surface area contributed by atoms with E-state index in [9.17, 15) is 8.42 Å². The Bertz CT molecular complexity index is 157. The van der Waals surface area contributed by atoms with Crippen molar-refractivity contribution in [2.75, 3.05) is 11.5 Å². The molecule has 0 aromatic rings. The molecular formula is C5H10O2S2. The fourth-order valence-electron chi connectivity index (χ4n) is 0.802. The van der Waals surface area contributed by atoms with E-state index in [1.165, 1.54) is 0 Å². The molecule has 1 aliphatic heterocycles. The summed E-state index contributed by atoms with van der Waals surface area (Å²) in [4.78, 5) is 0. The van der Waals surface area contributed by atoms with Gasteiger partial charge in [0.25, 0.3) is 0 Å². The van der Waals surface area contributed by atoms with Crippen molar-refractivity contribution in [3.8, 4) is 0 Å². The normalized spacial score (nSPS) is 27.1. The molecule has 1 heterocycles. The van der Waals surface area contributed by atoms with Gasteiger partial charge in [-0.2, -0.15) is 0 Å². The predicted octanol–water partition coefficient (Wildman–Crippen LogP) is 1.23. The highest BCUT2D eigenvalue weighted by molar-refractivity contribution is 8.72. The Morgan fingerprint density at radius 3 is 2.67 bits per heavy atom. The zero-order valence-electron chi connectivity index (χ0n) is 5.17. The maximum Gasteiger partial charge on any atom is 0.201 e. The van der Waals surface area contributed by atoms with E-state index in [1.807, 2.05) is 0 Å². The Morgan fingerprint density at radius 1 is 1.11 bits per heavy atom. The molecule has 0 N–H and O–H groups in total. The van der Waals surface area contributed by atoms with Crippen molar-refractivity contribution >= 4 is 19.7 Å². The van der Waals surface area contributed by atoms with Crippen LogP contribution in [0.1, 0.15) is 19.3 Å². The quantitative estimate of drug-likeness (QED) is 0.508. The predicted molar refractivity (Wildman–Crippen MR) is 40.1 cm³/mol. The lowest BCUT2D eigenvalue weighted by molar-refractivity contribution is 0.607. The van der Waals surface area contributed by atoms with E-state index in [1.54, 1.807) is 0 Å². The van der Waals surface area contributed by atoms with E-state index in [2.05, 4.69) is 0 Å². The Labute approximate surface area is 59.3 Å². The summed E-state index contributed by atoms with van der Waals surface area (Å²) in [7, 11) is -1.59. The monoisotopic (exact) mass is 166 g/mol. The molecular weight excluding hydrogens is 156 g/mol. The summed E-state index contributed by atoms with van der Waals surface area (Å²) in [6.07, 6.45) is 2.99. The van der Waals surface area contributed by atoms with E-state index in [-0.39, 0.29) is 0 Å². The molecule has 0 aromatic carbocycles. The highest BCUT2D eigenvalue weighted by Gasteiger charge is 2.13. The smallest absolute Gasteiger partial charge is 0.201 e. The molecule has 1 aliphatic rings. The Hall–Kier alpha value is 0.300. The molecule has 1 saturated heterocycles. The molecule has 9 heavy (non-hydrogen) atoms. The second-order valence-electron chi connectivity index (χ2n) is 2.14. The highest BCUT2D eigenvalue weighted by Crippen LogP contribution is 2.21. The van der Waals surface area contributed by atoms with Crippen LogP contribution in [-0.2, 0) is 8.87 Å². The first-order valence-corrected chi connectivity index (χ1v) is 6.23. The van der Waals surface area contributed by atoms with Gasteiger partial charge in [0.2, 0.25) is 8.87 Å². The zero-order chi connectivity index (χ0) is 6.74. The summed E-state index contributed by atoms with van der Waals surface area (Å²) < 4.78 is 21.7. The van der Waals surface area contributed by atoms with Crippen LogP contribution in [0.5, 0.6) is 0 Å². The van der Waals surface area contributed by atoms with Crippen LogP contribution in [0.3, 0.4) is 0 Å². The van der Waals surface area contributed by atoms with Gasteiger partial charge < -0.3 is 0 Å². The fourth-order valence-corrected chi connectivity index (χ4v) is 3.88. The van der Waals surface area contributed by atoms with Crippen LogP contribution < -0.4 is 0 Å². The molecule has 0 spiro atoms. The maximum absolute atomic E-state index is 10.8. The van der Waals surface area contributed by atoms with Crippen molar-refractivity contribution in [2.45, 2.75) is 19.3 Å². The second-order valence-corrected chi connectivity index (χ2v) is 6.54. The largest absolute Gasteiger partial charge is 0.217 e. The molecule has 0 amide bonds. The third-order valence-electron chi connectivity index (χ3n) is 1.30. The first kappa shape index (κ1) is 7.41. The molecule has 54 valence electrons. The standard InChI is InChI=1S/C5H10O2S2/c6-9(7)5-3-1-2-4-8-9/h1-5H2. The lowest BCUT2D eigenvalue weighted by Crippen LogP contribution is -1.97. The van der Waals surface area contributed by atoms with Gasteiger partial charge in [0.1, 0.15) is 0 Å².